The molecule has 0 amide bonds. The van der Waals surface area contributed by atoms with E-state index in [2.05, 4.69) is 19.1 Å². The van der Waals surface area contributed by atoms with Crippen LogP contribution >= 0.6 is 0 Å². The second kappa shape index (κ2) is 6.00. The van der Waals surface area contributed by atoms with Crippen molar-refractivity contribution in [3.8, 4) is 0 Å². The molecule has 0 aromatic rings. The van der Waals surface area contributed by atoms with Crippen LogP contribution in [0, 0.1) is 5.41 Å². The Balaban J connectivity index is 2.87. The van der Waals surface area contributed by atoms with Crippen LogP contribution in [0.5, 0.6) is 0 Å². The normalized spacial score (nSPS) is 24.3. The Morgan fingerprint density at radius 3 is 2.88 bits per heavy atom. The standard InChI is InChI=1S/C14H22O2/c1-4-5-9-13(15)14(11-16-3)10-7-6-8-12(14)2/h7-8,10H,4-6,9,11H2,1-3H3. The summed E-state index contributed by atoms with van der Waals surface area (Å²) >= 11 is 0. The molecule has 1 aliphatic rings. The van der Waals surface area contributed by atoms with E-state index >= 15 is 0 Å². The summed E-state index contributed by atoms with van der Waals surface area (Å²) in [5.74, 6) is 0.293. The van der Waals surface area contributed by atoms with E-state index in [0.717, 1.165) is 24.8 Å². The number of allylic oxidation sites excluding steroid dienone is 2. The maximum Gasteiger partial charge on any atom is 0.149 e. The van der Waals surface area contributed by atoms with Crippen LogP contribution < -0.4 is 0 Å². The van der Waals surface area contributed by atoms with Gasteiger partial charge in [0.15, 0.2) is 0 Å². The predicted molar refractivity (Wildman–Crippen MR) is 66.4 cm³/mol. The van der Waals surface area contributed by atoms with Gasteiger partial charge >= 0.3 is 0 Å². The van der Waals surface area contributed by atoms with Gasteiger partial charge < -0.3 is 4.74 Å². The molecule has 0 heterocycles. The number of unbranched alkanes of at least 4 members (excludes halogenated alkanes) is 1. The number of hydrogen-bond acceptors (Lipinski definition) is 2. The van der Waals surface area contributed by atoms with Crippen LogP contribution in [0.15, 0.2) is 23.8 Å². The lowest BCUT2D eigenvalue weighted by Crippen LogP contribution is -2.36. The molecule has 1 unspecified atom stereocenters. The van der Waals surface area contributed by atoms with Crippen molar-refractivity contribution in [2.75, 3.05) is 13.7 Å². The van der Waals surface area contributed by atoms with E-state index in [-0.39, 0.29) is 0 Å². The number of ketones is 1. The summed E-state index contributed by atoms with van der Waals surface area (Å²) in [4.78, 5) is 12.3. The molecule has 0 N–H and O–H groups in total. The molecule has 0 saturated heterocycles. The summed E-state index contributed by atoms with van der Waals surface area (Å²) in [6, 6.07) is 0. The first kappa shape index (κ1) is 13.2. The quantitative estimate of drug-likeness (QED) is 0.645. The van der Waals surface area contributed by atoms with E-state index < -0.39 is 5.41 Å². The number of carbonyl (C=O) groups is 1. The summed E-state index contributed by atoms with van der Waals surface area (Å²) < 4.78 is 5.24. The van der Waals surface area contributed by atoms with Crippen molar-refractivity contribution >= 4 is 5.78 Å². The maximum absolute atomic E-state index is 12.3. The zero-order valence-corrected chi connectivity index (χ0v) is 10.6. The fraction of sp³-hybridized carbons (Fsp3) is 0.643. The van der Waals surface area contributed by atoms with E-state index in [1.807, 2.05) is 13.0 Å². The lowest BCUT2D eigenvalue weighted by atomic mass is 9.73. The molecule has 0 bridgehead atoms. The van der Waals surface area contributed by atoms with Gasteiger partial charge in [-0.15, -0.1) is 0 Å². The zero-order valence-electron chi connectivity index (χ0n) is 10.6. The van der Waals surface area contributed by atoms with Crippen molar-refractivity contribution in [2.45, 2.75) is 39.5 Å². The molecule has 0 aliphatic heterocycles. The molecular formula is C14H22O2. The molecule has 0 saturated carbocycles. The van der Waals surface area contributed by atoms with Gasteiger partial charge in [-0.1, -0.05) is 37.1 Å². The first-order valence-electron chi connectivity index (χ1n) is 6.04. The molecule has 1 atom stereocenters. The molecule has 0 spiro atoms. The third-order valence-electron chi connectivity index (χ3n) is 3.29. The van der Waals surface area contributed by atoms with Gasteiger partial charge in [-0.25, -0.2) is 0 Å². The minimum absolute atomic E-state index is 0.293. The van der Waals surface area contributed by atoms with Crippen LogP contribution in [0.4, 0.5) is 0 Å². The highest BCUT2D eigenvalue weighted by molar-refractivity contribution is 5.90. The summed E-state index contributed by atoms with van der Waals surface area (Å²) in [6.07, 6.45) is 9.82. The lowest BCUT2D eigenvalue weighted by molar-refractivity contribution is -0.127. The largest absolute Gasteiger partial charge is 0.383 e. The van der Waals surface area contributed by atoms with Crippen LogP contribution in [0.2, 0.25) is 0 Å². The Morgan fingerprint density at radius 2 is 2.31 bits per heavy atom. The topological polar surface area (TPSA) is 26.3 Å². The van der Waals surface area contributed by atoms with Crippen molar-refractivity contribution in [3.05, 3.63) is 23.8 Å². The van der Waals surface area contributed by atoms with Gasteiger partial charge in [0.25, 0.3) is 0 Å². The van der Waals surface area contributed by atoms with Crippen molar-refractivity contribution in [2.24, 2.45) is 5.41 Å². The van der Waals surface area contributed by atoms with Gasteiger partial charge in [0.2, 0.25) is 0 Å². The lowest BCUT2D eigenvalue weighted by Gasteiger charge is -2.32. The summed E-state index contributed by atoms with van der Waals surface area (Å²) in [7, 11) is 1.66. The Morgan fingerprint density at radius 1 is 1.56 bits per heavy atom. The average Bonchev–Trinajstić information content (AvgIpc) is 2.29. The fourth-order valence-corrected chi connectivity index (χ4v) is 2.17. The van der Waals surface area contributed by atoms with Gasteiger partial charge in [0.05, 0.1) is 12.0 Å². The predicted octanol–water partition coefficient (Wildman–Crippen LogP) is 3.28. The monoisotopic (exact) mass is 222 g/mol. The summed E-state index contributed by atoms with van der Waals surface area (Å²) in [5.41, 5.74) is 0.653. The summed E-state index contributed by atoms with van der Waals surface area (Å²) in [6.45, 7) is 4.61. The Labute approximate surface area is 98.4 Å². The molecule has 16 heavy (non-hydrogen) atoms. The van der Waals surface area contributed by atoms with Crippen molar-refractivity contribution in [3.63, 3.8) is 0 Å². The number of carbonyl (C=O) groups excluding carboxylic acids is 1. The fourth-order valence-electron chi connectivity index (χ4n) is 2.17. The number of rotatable bonds is 6. The van der Waals surface area contributed by atoms with Crippen molar-refractivity contribution < 1.29 is 9.53 Å². The van der Waals surface area contributed by atoms with Crippen molar-refractivity contribution in [1.82, 2.24) is 0 Å². The number of ether oxygens (including phenoxy) is 1. The third-order valence-corrected chi connectivity index (χ3v) is 3.29. The molecule has 1 rings (SSSR count). The third kappa shape index (κ3) is 2.62. The molecule has 90 valence electrons. The zero-order chi connectivity index (χ0) is 12.0. The van der Waals surface area contributed by atoms with Crippen LogP contribution in [-0.4, -0.2) is 19.5 Å². The molecule has 2 heteroatoms. The number of Topliss-reactive ketones (excluding diaryl/α,β-unsaturated/α-hetero) is 1. The van der Waals surface area contributed by atoms with Crippen LogP contribution in [0.25, 0.3) is 0 Å². The number of methoxy groups -OCH3 is 1. The Kier molecular flexibility index (Phi) is 4.94. The van der Waals surface area contributed by atoms with Crippen LogP contribution in [0.3, 0.4) is 0 Å². The molecule has 0 aromatic heterocycles. The molecule has 1 aliphatic carbocycles. The molecular weight excluding hydrogens is 200 g/mol. The van der Waals surface area contributed by atoms with E-state index in [1.165, 1.54) is 0 Å². The minimum atomic E-state index is -0.484. The van der Waals surface area contributed by atoms with E-state index in [0.29, 0.717) is 18.8 Å². The van der Waals surface area contributed by atoms with Crippen LogP contribution in [0.1, 0.15) is 39.5 Å². The Hall–Kier alpha value is -0.890. The first-order chi connectivity index (χ1) is 7.67. The van der Waals surface area contributed by atoms with Gasteiger partial charge in [-0.05, 0) is 19.8 Å². The summed E-state index contributed by atoms with van der Waals surface area (Å²) in [5, 5.41) is 0. The maximum atomic E-state index is 12.3. The van der Waals surface area contributed by atoms with E-state index in [1.54, 1.807) is 7.11 Å². The molecule has 2 nitrogen and oxygen atoms in total. The highest BCUT2D eigenvalue weighted by Gasteiger charge is 2.37. The van der Waals surface area contributed by atoms with Gasteiger partial charge in [-0.2, -0.15) is 0 Å². The van der Waals surface area contributed by atoms with Crippen LogP contribution in [-0.2, 0) is 9.53 Å². The highest BCUT2D eigenvalue weighted by Crippen LogP contribution is 2.35. The van der Waals surface area contributed by atoms with Gasteiger partial charge in [-0.3, -0.25) is 4.79 Å². The number of hydrogen-bond donors (Lipinski definition) is 0. The smallest absolute Gasteiger partial charge is 0.149 e. The second-order valence-corrected chi connectivity index (χ2v) is 4.46. The minimum Gasteiger partial charge on any atom is -0.383 e. The molecule has 0 aromatic carbocycles. The van der Waals surface area contributed by atoms with Gasteiger partial charge in [0.1, 0.15) is 5.78 Å². The second-order valence-electron chi connectivity index (χ2n) is 4.46. The van der Waals surface area contributed by atoms with Gasteiger partial charge in [0, 0.05) is 13.5 Å². The first-order valence-corrected chi connectivity index (χ1v) is 6.04. The van der Waals surface area contributed by atoms with E-state index in [4.69, 9.17) is 4.74 Å². The molecule has 0 fully saturated rings. The SMILES string of the molecule is CCCCC(=O)C1(COC)C=CCC=C1C. The highest BCUT2D eigenvalue weighted by atomic mass is 16.5. The Bertz CT molecular complexity index is 302. The molecule has 0 radical (unpaired) electrons. The average molecular weight is 222 g/mol. The van der Waals surface area contributed by atoms with Crippen molar-refractivity contribution in [1.29, 1.82) is 0 Å². The van der Waals surface area contributed by atoms with E-state index in [9.17, 15) is 4.79 Å².